The Kier molecular flexibility index (Phi) is 10.2. The molecule has 3 heterocycles. The van der Waals surface area contributed by atoms with E-state index in [1.807, 2.05) is 36.4 Å². The third kappa shape index (κ3) is 7.47. The molecule has 0 aliphatic carbocycles. The van der Waals surface area contributed by atoms with Crippen molar-refractivity contribution in [3.63, 3.8) is 0 Å². The molecular weight excluding hydrogens is 731 g/mol. The Morgan fingerprint density at radius 2 is 1.78 bits per heavy atom. The number of pyridine rings is 1. The Hall–Kier alpha value is -5.21. The highest BCUT2D eigenvalue weighted by Crippen LogP contribution is 2.36. The Bertz CT molecular complexity index is 2130. The Morgan fingerprint density at radius 3 is 2.47 bits per heavy atom. The van der Waals surface area contributed by atoms with Crippen molar-refractivity contribution in [2.24, 2.45) is 0 Å². The molecule has 1 aliphatic heterocycles. The topological polar surface area (TPSA) is 119 Å². The lowest BCUT2D eigenvalue weighted by Crippen LogP contribution is -2.47. The molecular formula is C37H33BrF3N5O5. The average Bonchev–Trinajstić information content (AvgIpc) is 3.40. The number of benzene rings is 3. The van der Waals surface area contributed by atoms with Crippen LogP contribution in [0.15, 0.2) is 100 Å². The van der Waals surface area contributed by atoms with Crippen molar-refractivity contribution in [1.82, 2.24) is 24.3 Å². The van der Waals surface area contributed by atoms with Crippen LogP contribution in [0.5, 0.6) is 5.75 Å². The summed E-state index contributed by atoms with van der Waals surface area (Å²) in [6.07, 6.45) is -3.73. The molecule has 3 aromatic carbocycles. The number of ether oxygens (including phenoxy) is 1. The SMILES string of the molecule is C[C@H](O)COc1ccc(-n2c(C(=O)NCc3ccccc3-c3ccccn3)c3n(c2=O)C[C@H](C)N(C(=O)c2ccc(Br)c(C(F)(F)F)c2)C3)cc1. The molecule has 5 aromatic rings. The van der Waals surface area contributed by atoms with Crippen LogP contribution in [0.3, 0.4) is 0 Å². The zero-order valence-electron chi connectivity index (χ0n) is 27.5. The molecule has 6 rings (SSSR count). The molecule has 10 nitrogen and oxygen atoms in total. The number of hydrogen-bond acceptors (Lipinski definition) is 6. The summed E-state index contributed by atoms with van der Waals surface area (Å²) >= 11 is 2.92. The number of alkyl halides is 3. The minimum Gasteiger partial charge on any atom is -0.491 e. The molecule has 264 valence electrons. The first-order valence-electron chi connectivity index (χ1n) is 16.0. The third-order valence-corrected chi connectivity index (χ3v) is 9.21. The van der Waals surface area contributed by atoms with Crippen LogP contribution in [-0.4, -0.2) is 54.7 Å². The summed E-state index contributed by atoms with van der Waals surface area (Å²) in [7, 11) is 0. The molecule has 0 fully saturated rings. The standard InChI is InChI=1S/C37H33BrF3N5O5/c1-22-19-45-32(20-44(22)35(49)24-10-15-30(38)29(17-24)37(39,40)41)33(46(36(45)50)26-11-13-27(14-12-26)51-21-23(2)47)34(48)43-18-25-7-3-4-8-28(25)31-9-5-6-16-42-31/h3-17,22-23,47H,18-21H2,1-2H3,(H,43,48)/t22-,23-/m0/s1. The van der Waals surface area contributed by atoms with E-state index in [1.54, 1.807) is 50.4 Å². The first-order chi connectivity index (χ1) is 24.3. The molecule has 1 aliphatic rings. The Balaban J connectivity index is 1.39. The first-order valence-corrected chi connectivity index (χ1v) is 16.8. The fourth-order valence-corrected chi connectivity index (χ4v) is 6.49. The largest absolute Gasteiger partial charge is 0.491 e. The maximum absolute atomic E-state index is 14.2. The zero-order chi connectivity index (χ0) is 36.4. The molecule has 0 spiro atoms. The summed E-state index contributed by atoms with van der Waals surface area (Å²) in [5.74, 6) is -0.842. The van der Waals surface area contributed by atoms with Crippen molar-refractivity contribution in [1.29, 1.82) is 0 Å². The van der Waals surface area contributed by atoms with Crippen molar-refractivity contribution in [2.45, 2.75) is 51.8 Å². The van der Waals surface area contributed by atoms with Gasteiger partial charge < -0.3 is 20.1 Å². The maximum Gasteiger partial charge on any atom is 0.417 e. The number of rotatable bonds is 9. The molecule has 2 amide bonds. The van der Waals surface area contributed by atoms with Gasteiger partial charge in [0.2, 0.25) is 0 Å². The van der Waals surface area contributed by atoms with Crippen molar-refractivity contribution in [3.8, 4) is 22.7 Å². The van der Waals surface area contributed by atoms with Crippen molar-refractivity contribution in [2.75, 3.05) is 6.61 Å². The first kappa shape index (κ1) is 35.6. The Labute approximate surface area is 299 Å². The van der Waals surface area contributed by atoms with Gasteiger partial charge in [-0.05, 0) is 74.0 Å². The van der Waals surface area contributed by atoms with E-state index >= 15 is 0 Å². The predicted octanol–water partition coefficient (Wildman–Crippen LogP) is 6.22. The van der Waals surface area contributed by atoms with Crippen LogP contribution >= 0.6 is 15.9 Å². The van der Waals surface area contributed by atoms with Gasteiger partial charge in [0.1, 0.15) is 18.1 Å². The summed E-state index contributed by atoms with van der Waals surface area (Å²) in [5, 5.41) is 12.5. The number of hydrogen-bond donors (Lipinski definition) is 2. The van der Waals surface area contributed by atoms with E-state index in [4.69, 9.17) is 4.74 Å². The summed E-state index contributed by atoms with van der Waals surface area (Å²) in [6, 6.07) is 22.0. The average molecular weight is 765 g/mol. The van der Waals surface area contributed by atoms with Gasteiger partial charge in [-0.2, -0.15) is 13.2 Å². The number of amides is 2. The van der Waals surface area contributed by atoms with E-state index < -0.39 is 41.4 Å². The van der Waals surface area contributed by atoms with E-state index in [9.17, 15) is 32.7 Å². The molecule has 0 saturated heterocycles. The minimum atomic E-state index is -4.70. The zero-order valence-corrected chi connectivity index (χ0v) is 29.1. The van der Waals surface area contributed by atoms with Crippen LogP contribution in [0.2, 0.25) is 0 Å². The van der Waals surface area contributed by atoms with E-state index in [0.717, 1.165) is 17.2 Å². The van der Waals surface area contributed by atoms with E-state index in [1.165, 1.54) is 26.2 Å². The molecule has 0 bridgehead atoms. The molecule has 2 N–H and O–H groups in total. The quantitative estimate of drug-likeness (QED) is 0.184. The second kappa shape index (κ2) is 14.6. The van der Waals surface area contributed by atoms with Gasteiger partial charge in [0.05, 0.1) is 35.3 Å². The molecule has 2 atom stereocenters. The van der Waals surface area contributed by atoms with Gasteiger partial charge in [0, 0.05) is 40.9 Å². The number of aliphatic hydroxyl groups is 1. The highest BCUT2D eigenvalue weighted by Gasteiger charge is 2.37. The van der Waals surface area contributed by atoms with Gasteiger partial charge in [-0.3, -0.25) is 23.7 Å². The van der Waals surface area contributed by atoms with Crippen LogP contribution in [0.1, 0.15) is 51.5 Å². The molecule has 51 heavy (non-hydrogen) atoms. The highest BCUT2D eigenvalue weighted by molar-refractivity contribution is 9.10. The van der Waals surface area contributed by atoms with Crippen LogP contribution in [0.4, 0.5) is 13.2 Å². The molecule has 0 radical (unpaired) electrons. The lowest BCUT2D eigenvalue weighted by atomic mass is 10.0. The fourth-order valence-electron chi connectivity index (χ4n) is 6.02. The predicted molar refractivity (Wildman–Crippen MR) is 187 cm³/mol. The molecule has 2 aromatic heterocycles. The van der Waals surface area contributed by atoms with Gasteiger partial charge >= 0.3 is 11.9 Å². The van der Waals surface area contributed by atoms with Gasteiger partial charge in [0.25, 0.3) is 11.8 Å². The number of halogens is 4. The molecule has 0 saturated carbocycles. The normalized spacial score (nSPS) is 14.9. The number of imidazole rings is 1. The fraction of sp³-hybridized carbons (Fsp3) is 0.243. The van der Waals surface area contributed by atoms with Crippen LogP contribution in [0.25, 0.3) is 16.9 Å². The number of nitrogens with one attached hydrogen (secondary N) is 1. The van der Waals surface area contributed by atoms with Crippen LogP contribution in [-0.2, 0) is 25.8 Å². The number of carbonyl (C=O) groups excluding carboxylic acids is 2. The van der Waals surface area contributed by atoms with Crippen molar-refractivity contribution < 1.29 is 32.6 Å². The van der Waals surface area contributed by atoms with Crippen LogP contribution < -0.4 is 15.7 Å². The molecule has 14 heteroatoms. The second-order valence-electron chi connectivity index (χ2n) is 12.2. The Morgan fingerprint density at radius 1 is 1.06 bits per heavy atom. The summed E-state index contributed by atoms with van der Waals surface area (Å²) < 4.78 is 49.2. The highest BCUT2D eigenvalue weighted by atomic mass is 79.9. The van der Waals surface area contributed by atoms with E-state index in [-0.39, 0.29) is 47.7 Å². The minimum absolute atomic E-state index is 0.00602. The second-order valence-corrected chi connectivity index (χ2v) is 13.1. The van der Waals surface area contributed by atoms with Gasteiger partial charge in [-0.1, -0.05) is 46.3 Å². The number of aliphatic hydroxyl groups excluding tert-OH is 1. The lowest BCUT2D eigenvalue weighted by molar-refractivity contribution is -0.138. The van der Waals surface area contributed by atoms with Crippen molar-refractivity contribution >= 4 is 27.7 Å². The monoisotopic (exact) mass is 763 g/mol. The molecule has 0 unspecified atom stereocenters. The van der Waals surface area contributed by atoms with Crippen molar-refractivity contribution in [3.05, 3.63) is 134 Å². The summed E-state index contributed by atoms with van der Waals surface area (Å²) in [6.45, 7) is 3.18. The van der Waals surface area contributed by atoms with E-state index in [0.29, 0.717) is 17.1 Å². The van der Waals surface area contributed by atoms with Crippen LogP contribution in [0, 0.1) is 0 Å². The summed E-state index contributed by atoms with van der Waals surface area (Å²) in [4.78, 5) is 47.9. The van der Waals surface area contributed by atoms with Gasteiger partial charge in [-0.15, -0.1) is 0 Å². The number of nitrogens with zero attached hydrogens (tertiary/aromatic N) is 4. The van der Waals surface area contributed by atoms with Gasteiger partial charge in [0.15, 0.2) is 0 Å². The third-order valence-electron chi connectivity index (χ3n) is 8.52. The maximum atomic E-state index is 14.2. The lowest BCUT2D eigenvalue weighted by Gasteiger charge is -2.34. The van der Waals surface area contributed by atoms with E-state index in [2.05, 4.69) is 26.2 Å². The number of aromatic nitrogens is 3. The van der Waals surface area contributed by atoms with Gasteiger partial charge in [-0.25, -0.2) is 4.79 Å². The summed E-state index contributed by atoms with van der Waals surface area (Å²) in [5.41, 5.74) is 1.14. The number of fused-ring (bicyclic) bond motifs is 1. The number of carbonyl (C=O) groups is 2. The smallest absolute Gasteiger partial charge is 0.417 e.